The minimum absolute atomic E-state index is 0.362. The van der Waals surface area contributed by atoms with Crippen LogP contribution in [0.3, 0.4) is 0 Å². The van der Waals surface area contributed by atoms with Gasteiger partial charge in [-0.2, -0.15) is 0 Å². The summed E-state index contributed by atoms with van der Waals surface area (Å²) in [5.41, 5.74) is 1.19. The molecule has 1 saturated carbocycles. The minimum Gasteiger partial charge on any atom is -0.345 e. The molecule has 1 aliphatic carbocycles. The van der Waals surface area contributed by atoms with Crippen molar-refractivity contribution < 1.29 is 0 Å². The van der Waals surface area contributed by atoms with Gasteiger partial charge in [-0.3, -0.25) is 0 Å². The van der Waals surface area contributed by atoms with Crippen LogP contribution in [0.2, 0.25) is 0 Å². The van der Waals surface area contributed by atoms with E-state index in [1.54, 1.807) is 11.3 Å². The first-order valence-electron chi connectivity index (χ1n) is 7.57. The highest BCUT2D eigenvalue weighted by Gasteiger charge is 2.30. The first kappa shape index (κ1) is 14.8. The van der Waals surface area contributed by atoms with Gasteiger partial charge >= 0.3 is 0 Å². The number of anilines is 1. The van der Waals surface area contributed by atoms with Gasteiger partial charge in [0.1, 0.15) is 0 Å². The smallest absolute Gasteiger partial charge is 0.185 e. The summed E-state index contributed by atoms with van der Waals surface area (Å²) < 4.78 is 0. The van der Waals surface area contributed by atoms with Crippen molar-refractivity contribution in [3.05, 3.63) is 11.1 Å². The molecule has 0 aromatic carbocycles. The van der Waals surface area contributed by atoms with Crippen LogP contribution in [0.4, 0.5) is 5.13 Å². The summed E-state index contributed by atoms with van der Waals surface area (Å²) in [6.45, 7) is 11.1. The number of thiazole rings is 1. The molecule has 0 spiro atoms. The predicted octanol–water partition coefficient (Wildman–Crippen LogP) is 3.83. The summed E-state index contributed by atoms with van der Waals surface area (Å²) in [5, 5.41) is 6.88. The Morgan fingerprint density at radius 2 is 2.16 bits per heavy atom. The molecular weight excluding hydrogens is 254 g/mol. The van der Waals surface area contributed by atoms with E-state index >= 15 is 0 Å². The molecule has 2 rings (SSSR count). The zero-order chi connectivity index (χ0) is 13.8. The quantitative estimate of drug-likeness (QED) is 0.785. The van der Waals surface area contributed by atoms with E-state index in [1.165, 1.54) is 30.1 Å². The van der Waals surface area contributed by atoms with E-state index in [2.05, 4.69) is 43.3 Å². The van der Waals surface area contributed by atoms with Crippen molar-refractivity contribution in [1.82, 2.24) is 10.3 Å². The molecule has 1 aromatic rings. The Morgan fingerprint density at radius 3 is 2.74 bits per heavy atom. The van der Waals surface area contributed by atoms with E-state index in [9.17, 15) is 0 Å². The molecule has 1 N–H and O–H groups in total. The lowest BCUT2D eigenvalue weighted by Crippen LogP contribution is -2.27. The van der Waals surface area contributed by atoms with E-state index in [4.69, 9.17) is 4.98 Å². The van der Waals surface area contributed by atoms with Gasteiger partial charge in [0, 0.05) is 24.0 Å². The molecule has 1 unspecified atom stereocenters. The molecule has 0 aliphatic heterocycles. The Balaban J connectivity index is 2.01. The second-order valence-corrected chi connectivity index (χ2v) is 6.78. The van der Waals surface area contributed by atoms with E-state index in [0.717, 1.165) is 25.0 Å². The highest BCUT2D eigenvalue weighted by Crippen LogP contribution is 2.34. The van der Waals surface area contributed by atoms with Crippen LogP contribution in [-0.4, -0.2) is 24.1 Å². The molecule has 0 saturated heterocycles. The number of hydrogen-bond acceptors (Lipinski definition) is 4. The van der Waals surface area contributed by atoms with Gasteiger partial charge in [0.05, 0.1) is 5.69 Å². The molecule has 0 amide bonds. The van der Waals surface area contributed by atoms with Crippen molar-refractivity contribution in [2.24, 2.45) is 5.92 Å². The monoisotopic (exact) mass is 281 g/mol. The van der Waals surface area contributed by atoms with Crippen molar-refractivity contribution >= 4 is 16.5 Å². The maximum atomic E-state index is 4.85. The van der Waals surface area contributed by atoms with Gasteiger partial charge in [-0.15, -0.1) is 11.3 Å². The average Bonchev–Trinajstić information content (AvgIpc) is 3.06. The Kier molecular flexibility index (Phi) is 5.22. The van der Waals surface area contributed by atoms with Crippen LogP contribution in [0.5, 0.6) is 0 Å². The van der Waals surface area contributed by atoms with Gasteiger partial charge in [-0.1, -0.05) is 20.8 Å². The normalized spacial score (nSPS) is 16.9. The lowest BCUT2D eigenvalue weighted by Gasteiger charge is -2.22. The number of hydrogen-bond donors (Lipinski definition) is 1. The van der Waals surface area contributed by atoms with Gasteiger partial charge in [0.15, 0.2) is 5.13 Å². The van der Waals surface area contributed by atoms with Crippen molar-refractivity contribution in [3.63, 3.8) is 0 Å². The Hall–Kier alpha value is -0.610. The first-order chi connectivity index (χ1) is 9.11. The zero-order valence-electron chi connectivity index (χ0n) is 12.6. The maximum absolute atomic E-state index is 4.85. The molecule has 1 aliphatic rings. The lowest BCUT2D eigenvalue weighted by atomic mass is 10.1. The number of nitrogens with one attached hydrogen (secondary N) is 1. The fraction of sp³-hybridized carbons (Fsp3) is 0.800. The average molecular weight is 281 g/mol. The molecule has 4 heteroatoms. The summed E-state index contributed by atoms with van der Waals surface area (Å²) >= 11 is 1.81. The van der Waals surface area contributed by atoms with E-state index in [0.29, 0.717) is 6.04 Å². The Labute approximate surface area is 121 Å². The second-order valence-electron chi connectivity index (χ2n) is 5.94. The summed E-state index contributed by atoms with van der Waals surface area (Å²) in [6, 6.07) is 1.12. The van der Waals surface area contributed by atoms with Gasteiger partial charge in [0.25, 0.3) is 0 Å². The Bertz CT molecular complexity index is 384. The second kappa shape index (κ2) is 6.71. The molecule has 1 fully saturated rings. The highest BCUT2D eigenvalue weighted by molar-refractivity contribution is 7.13. The van der Waals surface area contributed by atoms with Gasteiger partial charge in [0.2, 0.25) is 0 Å². The van der Waals surface area contributed by atoms with Gasteiger partial charge in [-0.25, -0.2) is 4.98 Å². The predicted molar refractivity (Wildman–Crippen MR) is 84.0 cm³/mol. The maximum Gasteiger partial charge on any atom is 0.185 e. The third-order valence-electron chi connectivity index (χ3n) is 3.64. The number of rotatable bonds is 8. The molecule has 19 heavy (non-hydrogen) atoms. The number of nitrogens with zero attached hydrogens (tertiary/aromatic N) is 2. The van der Waals surface area contributed by atoms with Crippen LogP contribution in [0.25, 0.3) is 0 Å². The summed E-state index contributed by atoms with van der Waals surface area (Å²) in [6.07, 6.45) is 3.94. The van der Waals surface area contributed by atoms with Crippen molar-refractivity contribution in [2.75, 3.05) is 18.0 Å². The van der Waals surface area contributed by atoms with E-state index in [1.807, 2.05) is 0 Å². The van der Waals surface area contributed by atoms with Gasteiger partial charge in [-0.05, 0) is 38.6 Å². The third-order valence-corrected chi connectivity index (χ3v) is 4.54. The van der Waals surface area contributed by atoms with Crippen LogP contribution >= 0.6 is 11.3 Å². The van der Waals surface area contributed by atoms with Gasteiger partial charge < -0.3 is 10.2 Å². The SMILES string of the molecule is CCNC(C)c1csc(N(CCC(C)C)C2CC2)n1. The molecule has 1 heterocycles. The molecule has 0 radical (unpaired) electrons. The first-order valence-corrected chi connectivity index (χ1v) is 8.45. The molecule has 1 atom stereocenters. The molecule has 1 aromatic heterocycles. The summed E-state index contributed by atoms with van der Waals surface area (Å²) in [5.74, 6) is 0.765. The fourth-order valence-corrected chi connectivity index (χ4v) is 3.25. The zero-order valence-corrected chi connectivity index (χ0v) is 13.5. The van der Waals surface area contributed by atoms with E-state index in [-0.39, 0.29) is 0 Å². The highest BCUT2D eigenvalue weighted by atomic mass is 32.1. The van der Waals surface area contributed by atoms with Crippen LogP contribution in [0, 0.1) is 5.92 Å². The summed E-state index contributed by atoms with van der Waals surface area (Å²) in [7, 11) is 0. The standard InChI is InChI=1S/C15H27N3S/c1-5-16-12(4)14-10-19-15(17-14)18(13-6-7-13)9-8-11(2)3/h10-13,16H,5-9H2,1-4H3. The van der Waals surface area contributed by atoms with Crippen LogP contribution < -0.4 is 10.2 Å². The number of aromatic nitrogens is 1. The van der Waals surface area contributed by atoms with Crippen LogP contribution in [0.1, 0.15) is 58.7 Å². The van der Waals surface area contributed by atoms with E-state index < -0.39 is 0 Å². The molecule has 0 bridgehead atoms. The molecule has 3 nitrogen and oxygen atoms in total. The third kappa shape index (κ3) is 4.18. The van der Waals surface area contributed by atoms with Crippen LogP contribution in [0.15, 0.2) is 5.38 Å². The fourth-order valence-electron chi connectivity index (χ4n) is 2.24. The van der Waals surface area contributed by atoms with Crippen molar-refractivity contribution in [1.29, 1.82) is 0 Å². The summed E-state index contributed by atoms with van der Waals surface area (Å²) in [4.78, 5) is 7.38. The molecule has 108 valence electrons. The Morgan fingerprint density at radius 1 is 1.42 bits per heavy atom. The van der Waals surface area contributed by atoms with Crippen LogP contribution in [-0.2, 0) is 0 Å². The topological polar surface area (TPSA) is 28.2 Å². The minimum atomic E-state index is 0.362. The molecular formula is C15H27N3S. The van der Waals surface area contributed by atoms with Crippen molar-refractivity contribution in [2.45, 2.75) is 59.0 Å². The lowest BCUT2D eigenvalue weighted by molar-refractivity contribution is 0.566. The largest absolute Gasteiger partial charge is 0.345 e. The van der Waals surface area contributed by atoms with Crippen molar-refractivity contribution in [3.8, 4) is 0 Å².